The minimum atomic E-state index is -0.548. The molecule has 0 aromatic heterocycles. The van der Waals surface area contributed by atoms with E-state index < -0.39 is 16.9 Å². The molecule has 50 heavy (non-hydrogen) atoms. The Morgan fingerprint density at radius 3 is 2.38 bits per heavy atom. The van der Waals surface area contributed by atoms with Crippen molar-refractivity contribution in [3.63, 3.8) is 0 Å². The van der Waals surface area contributed by atoms with Crippen LogP contribution in [0.25, 0.3) is 0 Å². The average molecular weight is 685 g/mol. The van der Waals surface area contributed by atoms with Crippen molar-refractivity contribution in [2.45, 2.75) is 62.4 Å². The fraction of sp³-hybridized carbons (Fsp3) is 0.487. The Kier molecular flexibility index (Phi) is 8.28. The van der Waals surface area contributed by atoms with Gasteiger partial charge in [-0.2, -0.15) is 0 Å². The van der Waals surface area contributed by atoms with Gasteiger partial charge in [0.25, 0.3) is 5.91 Å². The topological polar surface area (TPSA) is 104 Å². The lowest BCUT2D eigenvalue weighted by Gasteiger charge is -2.69. The van der Waals surface area contributed by atoms with Crippen LogP contribution in [-0.4, -0.2) is 86.1 Å². The van der Waals surface area contributed by atoms with Crippen molar-refractivity contribution in [1.82, 2.24) is 9.80 Å². The Bertz CT molecular complexity index is 1770. The molecule has 0 radical (unpaired) electrons. The Balaban J connectivity index is 1.25. The van der Waals surface area contributed by atoms with E-state index in [4.69, 9.17) is 14.2 Å². The third-order valence-electron chi connectivity index (χ3n) is 12.2. The third-order valence-corrected chi connectivity index (χ3v) is 12.2. The molecule has 1 aliphatic carbocycles. The minimum absolute atomic E-state index is 0.0915. The second-order valence-electron chi connectivity index (χ2n) is 14.7. The molecule has 4 aliphatic heterocycles. The van der Waals surface area contributed by atoms with Crippen molar-refractivity contribution in [1.29, 1.82) is 0 Å². The molecule has 3 amide bonds. The van der Waals surface area contributed by atoms with Crippen LogP contribution in [0.4, 0.5) is 20.6 Å². The summed E-state index contributed by atoms with van der Waals surface area (Å²) in [5.74, 6) is 1.72. The largest absolute Gasteiger partial charge is 0.497 e. The molecular weight excluding hydrogens is 639 g/mol. The SMILES string of the molecule is COc1ccc2c(c1)N(C)C1[C@H](CO)N(C(=O)Nc3ccc(F)cc3)CC3(CN(C(=O)c4ccc5c(c4)OCO5)C3)C21C1CCCCCCC1. The van der Waals surface area contributed by atoms with Crippen LogP contribution in [0.1, 0.15) is 60.9 Å². The molecule has 2 saturated heterocycles. The summed E-state index contributed by atoms with van der Waals surface area (Å²) >= 11 is 0. The molecule has 3 atom stereocenters. The van der Waals surface area contributed by atoms with E-state index in [-0.39, 0.29) is 43.1 Å². The van der Waals surface area contributed by atoms with Crippen LogP contribution in [0, 0.1) is 17.2 Å². The first-order chi connectivity index (χ1) is 24.3. The first-order valence-corrected chi connectivity index (χ1v) is 17.8. The van der Waals surface area contributed by atoms with Crippen molar-refractivity contribution < 1.29 is 33.3 Å². The average Bonchev–Trinajstić information content (AvgIpc) is 3.67. The van der Waals surface area contributed by atoms with E-state index >= 15 is 0 Å². The monoisotopic (exact) mass is 684 g/mol. The van der Waals surface area contributed by atoms with Crippen molar-refractivity contribution >= 4 is 23.3 Å². The molecule has 1 spiro atoms. The number of aliphatic hydroxyl groups is 1. The maximum Gasteiger partial charge on any atom is 0.322 e. The molecule has 10 nitrogen and oxygen atoms in total. The van der Waals surface area contributed by atoms with Gasteiger partial charge in [0.1, 0.15) is 11.6 Å². The molecule has 5 aliphatic rings. The molecular formula is C39H45FN4O6. The molecule has 0 bridgehead atoms. The Hall–Kier alpha value is -4.51. The number of nitrogens with zero attached hydrogens (tertiary/aromatic N) is 3. The fourth-order valence-corrected chi connectivity index (χ4v) is 10.2. The molecule has 1 saturated carbocycles. The van der Waals surface area contributed by atoms with Gasteiger partial charge in [0, 0.05) is 60.5 Å². The molecule has 4 heterocycles. The zero-order chi connectivity index (χ0) is 34.6. The Labute approximate surface area is 292 Å². The second kappa shape index (κ2) is 12.7. The number of carbonyl (C=O) groups is 2. The van der Waals surface area contributed by atoms with Gasteiger partial charge in [-0.3, -0.25) is 4.79 Å². The first-order valence-electron chi connectivity index (χ1n) is 17.8. The molecule has 3 fully saturated rings. The maximum absolute atomic E-state index is 14.3. The van der Waals surface area contributed by atoms with E-state index in [0.29, 0.717) is 42.4 Å². The molecule has 11 heteroatoms. The van der Waals surface area contributed by atoms with E-state index in [0.717, 1.165) is 37.1 Å². The molecule has 2 N–H and O–H groups in total. The highest BCUT2D eigenvalue weighted by molar-refractivity contribution is 5.96. The number of likely N-dealkylation sites (tertiary alicyclic amines) is 2. The number of amides is 3. The highest BCUT2D eigenvalue weighted by Crippen LogP contribution is 2.66. The van der Waals surface area contributed by atoms with E-state index in [2.05, 4.69) is 29.4 Å². The zero-order valence-corrected chi connectivity index (χ0v) is 28.7. The Morgan fingerprint density at radius 2 is 1.66 bits per heavy atom. The number of ether oxygens (including phenoxy) is 3. The predicted molar refractivity (Wildman–Crippen MR) is 187 cm³/mol. The van der Waals surface area contributed by atoms with Crippen LogP contribution >= 0.6 is 0 Å². The summed E-state index contributed by atoms with van der Waals surface area (Å²) in [6.07, 6.45) is 7.89. The van der Waals surface area contributed by atoms with Crippen LogP contribution in [-0.2, 0) is 5.41 Å². The number of aliphatic hydroxyl groups excluding tert-OH is 1. The summed E-state index contributed by atoms with van der Waals surface area (Å²) in [5.41, 5.74) is 2.27. The molecule has 2 unspecified atom stereocenters. The number of likely N-dealkylation sites (N-methyl/N-ethyl adjacent to an activating group) is 1. The van der Waals surface area contributed by atoms with E-state index in [1.807, 2.05) is 11.0 Å². The van der Waals surface area contributed by atoms with Gasteiger partial charge in [-0.05, 0) is 72.9 Å². The number of benzene rings is 3. The number of carbonyl (C=O) groups excluding carboxylic acids is 2. The van der Waals surface area contributed by atoms with Gasteiger partial charge in [-0.15, -0.1) is 0 Å². The highest BCUT2D eigenvalue weighted by atomic mass is 19.1. The van der Waals surface area contributed by atoms with Crippen molar-refractivity contribution in [3.8, 4) is 17.2 Å². The van der Waals surface area contributed by atoms with Crippen molar-refractivity contribution in [2.24, 2.45) is 11.3 Å². The number of anilines is 2. The third kappa shape index (κ3) is 4.99. The predicted octanol–water partition coefficient (Wildman–Crippen LogP) is 6.03. The van der Waals surface area contributed by atoms with E-state index in [9.17, 15) is 19.1 Å². The van der Waals surface area contributed by atoms with Crippen LogP contribution in [0.2, 0.25) is 0 Å². The zero-order valence-electron chi connectivity index (χ0n) is 28.7. The summed E-state index contributed by atoms with van der Waals surface area (Å²) in [6.45, 7) is 1.14. The first kappa shape index (κ1) is 32.7. The van der Waals surface area contributed by atoms with Gasteiger partial charge >= 0.3 is 6.03 Å². The van der Waals surface area contributed by atoms with Crippen LogP contribution < -0.4 is 24.4 Å². The van der Waals surface area contributed by atoms with Gasteiger partial charge < -0.3 is 39.3 Å². The Morgan fingerprint density at radius 1 is 0.940 bits per heavy atom. The van der Waals surface area contributed by atoms with Crippen LogP contribution in [0.5, 0.6) is 17.2 Å². The number of fused-ring (bicyclic) bond motifs is 5. The summed E-state index contributed by atoms with van der Waals surface area (Å²) < 4.78 is 30.6. The van der Waals surface area contributed by atoms with E-state index in [1.165, 1.54) is 37.0 Å². The summed E-state index contributed by atoms with van der Waals surface area (Å²) in [4.78, 5) is 34.4. The molecule has 264 valence electrons. The minimum Gasteiger partial charge on any atom is -0.497 e. The normalized spacial score (nSPS) is 25.3. The number of halogens is 1. The summed E-state index contributed by atoms with van der Waals surface area (Å²) in [7, 11) is 3.74. The lowest BCUT2D eigenvalue weighted by atomic mass is 9.45. The number of piperidine rings is 1. The molecule has 8 rings (SSSR count). The number of nitrogens with one attached hydrogen (secondary N) is 1. The molecule has 3 aromatic carbocycles. The van der Waals surface area contributed by atoms with Gasteiger partial charge in [0.05, 0.1) is 25.8 Å². The van der Waals surface area contributed by atoms with Crippen LogP contribution in [0.3, 0.4) is 0 Å². The summed E-state index contributed by atoms with van der Waals surface area (Å²) in [5, 5.41) is 14.3. The van der Waals surface area contributed by atoms with Crippen LogP contribution in [0.15, 0.2) is 60.7 Å². The number of hydrogen-bond acceptors (Lipinski definition) is 7. The van der Waals surface area contributed by atoms with Crippen molar-refractivity contribution in [3.05, 3.63) is 77.6 Å². The van der Waals surface area contributed by atoms with Gasteiger partial charge in [-0.25, -0.2) is 9.18 Å². The number of hydrogen-bond donors (Lipinski definition) is 2. The van der Waals surface area contributed by atoms with Gasteiger partial charge in [-0.1, -0.05) is 38.2 Å². The number of rotatable bonds is 5. The van der Waals surface area contributed by atoms with Crippen molar-refractivity contribution in [2.75, 3.05) is 57.4 Å². The number of methoxy groups -OCH3 is 1. The molecule has 3 aromatic rings. The highest BCUT2D eigenvalue weighted by Gasteiger charge is 2.73. The number of urea groups is 1. The quantitative estimate of drug-likeness (QED) is 0.338. The summed E-state index contributed by atoms with van der Waals surface area (Å²) in [6, 6.07) is 16.2. The lowest BCUT2D eigenvalue weighted by Crippen LogP contribution is -2.82. The standard InChI is InChI=1S/C39H45FN4O6/c1-42-31-19-29(48-2)15-16-30(31)39(26-8-6-4-3-5-7-9-26)35(42)32(20-45)44(37(47)41-28-13-11-27(40)12-14-28)23-38(39)21-43(22-38)36(46)25-10-17-33-34(18-25)50-24-49-33/h10-19,26,32,35,45H,3-9,20-24H2,1-2H3,(H,41,47)/t32-,35?,39?/m0/s1. The fourth-order valence-electron chi connectivity index (χ4n) is 10.2. The smallest absolute Gasteiger partial charge is 0.322 e. The van der Waals surface area contributed by atoms with E-state index in [1.54, 1.807) is 42.3 Å². The lowest BCUT2D eigenvalue weighted by molar-refractivity contribution is -0.138. The second-order valence-corrected chi connectivity index (χ2v) is 14.7. The van der Waals surface area contributed by atoms with Gasteiger partial charge in [0.2, 0.25) is 6.79 Å². The maximum atomic E-state index is 14.3. The van der Waals surface area contributed by atoms with Gasteiger partial charge in [0.15, 0.2) is 11.5 Å².